The van der Waals surface area contributed by atoms with Gasteiger partial charge in [0.05, 0.1) is 6.42 Å². The number of nitrogens with one attached hydrogen (secondary N) is 1. The van der Waals surface area contributed by atoms with E-state index in [-0.39, 0.29) is 17.9 Å². The van der Waals surface area contributed by atoms with Gasteiger partial charge in [-0.3, -0.25) is 9.69 Å². The smallest absolute Gasteiger partial charge is 0.226 e. The van der Waals surface area contributed by atoms with E-state index in [0.29, 0.717) is 6.54 Å². The quantitative estimate of drug-likeness (QED) is 0.876. The molecule has 4 nitrogen and oxygen atoms in total. The van der Waals surface area contributed by atoms with E-state index in [1.165, 1.54) is 23.1 Å². The summed E-state index contributed by atoms with van der Waals surface area (Å²) in [6.07, 6.45) is -0.240. The van der Waals surface area contributed by atoms with Gasteiger partial charge < -0.3 is 10.2 Å². The molecule has 2 rings (SSSR count). The summed E-state index contributed by atoms with van der Waals surface area (Å²) in [7, 11) is 1.67. The molecule has 1 N–H and O–H groups in total. The molecule has 1 aromatic rings. The molecule has 0 unspecified atom stereocenters. The largest absolute Gasteiger partial charge is 0.344 e. The zero-order valence-electron chi connectivity index (χ0n) is 12.2. The molecule has 1 aliphatic rings. The molecule has 1 fully saturated rings. The molecule has 1 heterocycles. The molecule has 0 atom stereocenters. The maximum Gasteiger partial charge on any atom is 0.226 e. The molecule has 1 aliphatic heterocycles. The Labute approximate surface area is 123 Å². The molecule has 116 valence electrons. The number of carbonyl (C=O) groups excluding carboxylic acids is 1. The molecule has 0 radical (unpaired) electrons. The van der Waals surface area contributed by atoms with Crippen molar-refractivity contribution in [3.8, 4) is 0 Å². The van der Waals surface area contributed by atoms with Crippen LogP contribution in [-0.4, -0.2) is 62.0 Å². The van der Waals surface area contributed by atoms with Crippen molar-refractivity contribution >= 4 is 5.91 Å². The van der Waals surface area contributed by atoms with Gasteiger partial charge in [0.2, 0.25) is 5.91 Å². The number of hydrogen-bond acceptors (Lipinski definition) is 3. The third kappa shape index (κ3) is 4.47. The third-order valence-corrected chi connectivity index (χ3v) is 3.78. The first kappa shape index (κ1) is 15.9. The number of rotatable bonds is 5. The van der Waals surface area contributed by atoms with E-state index in [0.717, 1.165) is 32.7 Å². The van der Waals surface area contributed by atoms with Gasteiger partial charge in [-0.1, -0.05) is 6.07 Å². The van der Waals surface area contributed by atoms with Crippen molar-refractivity contribution in [3.05, 3.63) is 35.4 Å². The van der Waals surface area contributed by atoms with E-state index < -0.39 is 11.6 Å². The van der Waals surface area contributed by atoms with Crippen LogP contribution in [0, 0.1) is 11.6 Å². The molecule has 0 saturated carbocycles. The Hall–Kier alpha value is -1.53. The summed E-state index contributed by atoms with van der Waals surface area (Å²) in [5.41, 5.74) is -0.156. The van der Waals surface area contributed by atoms with Gasteiger partial charge in [-0.15, -0.1) is 0 Å². The van der Waals surface area contributed by atoms with Gasteiger partial charge in [0.1, 0.15) is 11.6 Å². The van der Waals surface area contributed by atoms with Crippen molar-refractivity contribution in [3.63, 3.8) is 0 Å². The average Bonchev–Trinajstić information content (AvgIpc) is 2.49. The maximum atomic E-state index is 13.5. The Balaban J connectivity index is 1.84. The highest BCUT2D eigenvalue weighted by molar-refractivity contribution is 5.78. The van der Waals surface area contributed by atoms with Gasteiger partial charge in [-0.2, -0.15) is 0 Å². The lowest BCUT2D eigenvalue weighted by atomic mass is 10.1. The molecule has 0 aliphatic carbocycles. The van der Waals surface area contributed by atoms with Gasteiger partial charge in [0.25, 0.3) is 0 Å². The zero-order valence-corrected chi connectivity index (χ0v) is 12.2. The predicted octanol–water partition coefficient (Wildman–Crippen LogP) is 0.871. The van der Waals surface area contributed by atoms with Crippen LogP contribution in [0.3, 0.4) is 0 Å². The molecule has 0 spiro atoms. The molecule has 0 aromatic heterocycles. The second-order valence-electron chi connectivity index (χ2n) is 5.28. The molecular formula is C15H21F2N3O. The summed E-state index contributed by atoms with van der Waals surface area (Å²) >= 11 is 0. The minimum atomic E-state index is -0.668. The monoisotopic (exact) mass is 297 g/mol. The van der Waals surface area contributed by atoms with Crippen molar-refractivity contribution < 1.29 is 13.6 Å². The summed E-state index contributed by atoms with van der Waals surface area (Å²) in [5, 5.41) is 3.26. The SMILES string of the molecule is CN(CCN1CCNCC1)C(=O)Cc1c(F)cccc1F. The van der Waals surface area contributed by atoms with Gasteiger partial charge >= 0.3 is 0 Å². The van der Waals surface area contributed by atoms with Crippen LogP contribution in [-0.2, 0) is 11.2 Å². The molecule has 6 heteroatoms. The van der Waals surface area contributed by atoms with E-state index in [1.54, 1.807) is 7.05 Å². The predicted molar refractivity (Wildman–Crippen MR) is 77.0 cm³/mol. The molecule has 0 bridgehead atoms. The lowest BCUT2D eigenvalue weighted by Crippen LogP contribution is -2.46. The summed E-state index contributed by atoms with van der Waals surface area (Å²) < 4.78 is 27.0. The van der Waals surface area contributed by atoms with E-state index in [4.69, 9.17) is 0 Å². The van der Waals surface area contributed by atoms with Crippen molar-refractivity contribution in [2.45, 2.75) is 6.42 Å². The van der Waals surface area contributed by atoms with E-state index in [9.17, 15) is 13.6 Å². The number of nitrogens with zero attached hydrogens (tertiary/aromatic N) is 2. The topological polar surface area (TPSA) is 35.6 Å². The van der Waals surface area contributed by atoms with Crippen molar-refractivity contribution in [2.24, 2.45) is 0 Å². The number of carbonyl (C=O) groups is 1. The Morgan fingerprint density at radius 3 is 2.52 bits per heavy atom. The summed E-state index contributed by atoms with van der Waals surface area (Å²) in [6, 6.07) is 3.64. The highest BCUT2D eigenvalue weighted by Crippen LogP contribution is 2.13. The standard InChI is InChI=1S/C15H21F2N3O/c1-19(9-10-20-7-5-18-6-8-20)15(21)11-12-13(16)3-2-4-14(12)17/h2-4,18H,5-11H2,1H3. The van der Waals surface area contributed by atoms with Crippen LogP contribution in [0.25, 0.3) is 0 Å². The highest BCUT2D eigenvalue weighted by Gasteiger charge is 2.17. The summed E-state index contributed by atoms with van der Waals surface area (Å²) in [6.45, 7) is 5.18. The Bertz CT molecular complexity index is 470. The molecule has 1 amide bonds. The third-order valence-electron chi connectivity index (χ3n) is 3.78. The van der Waals surface area contributed by atoms with Crippen molar-refractivity contribution in [2.75, 3.05) is 46.3 Å². The first-order valence-electron chi connectivity index (χ1n) is 7.18. The van der Waals surface area contributed by atoms with Crippen LogP contribution in [0.15, 0.2) is 18.2 Å². The minimum Gasteiger partial charge on any atom is -0.344 e. The molecule has 21 heavy (non-hydrogen) atoms. The minimum absolute atomic E-state index is 0.156. The normalized spacial score (nSPS) is 16.0. The Morgan fingerprint density at radius 1 is 1.29 bits per heavy atom. The second kappa shape index (κ2) is 7.47. The van der Waals surface area contributed by atoms with E-state index >= 15 is 0 Å². The lowest BCUT2D eigenvalue weighted by molar-refractivity contribution is -0.129. The molecule has 1 aromatic carbocycles. The van der Waals surface area contributed by atoms with Crippen LogP contribution in [0.1, 0.15) is 5.56 Å². The van der Waals surface area contributed by atoms with Crippen LogP contribution in [0.5, 0.6) is 0 Å². The van der Waals surface area contributed by atoms with E-state index in [1.807, 2.05) is 0 Å². The Morgan fingerprint density at radius 2 is 1.90 bits per heavy atom. The first-order chi connectivity index (χ1) is 10.1. The van der Waals surface area contributed by atoms with Gasteiger partial charge in [-0.05, 0) is 12.1 Å². The summed E-state index contributed by atoms with van der Waals surface area (Å²) in [5.74, 6) is -1.60. The number of piperazine rings is 1. The second-order valence-corrected chi connectivity index (χ2v) is 5.28. The summed E-state index contributed by atoms with van der Waals surface area (Å²) in [4.78, 5) is 15.9. The maximum absolute atomic E-state index is 13.5. The fraction of sp³-hybridized carbons (Fsp3) is 0.533. The first-order valence-corrected chi connectivity index (χ1v) is 7.18. The number of hydrogen-bond donors (Lipinski definition) is 1. The van der Waals surface area contributed by atoms with Gasteiger partial charge in [0, 0.05) is 51.9 Å². The van der Waals surface area contributed by atoms with Crippen LogP contribution < -0.4 is 5.32 Å². The highest BCUT2D eigenvalue weighted by atomic mass is 19.1. The van der Waals surface area contributed by atoms with Gasteiger partial charge in [0.15, 0.2) is 0 Å². The fourth-order valence-corrected chi connectivity index (χ4v) is 2.34. The Kier molecular flexibility index (Phi) is 5.64. The lowest BCUT2D eigenvalue weighted by Gasteiger charge is -2.29. The van der Waals surface area contributed by atoms with Crippen molar-refractivity contribution in [1.29, 1.82) is 0 Å². The number of amides is 1. The molecular weight excluding hydrogens is 276 g/mol. The number of halogens is 2. The number of benzene rings is 1. The van der Waals surface area contributed by atoms with Gasteiger partial charge in [-0.25, -0.2) is 8.78 Å². The fourth-order valence-electron chi connectivity index (χ4n) is 2.34. The van der Waals surface area contributed by atoms with Crippen LogP contribution >= 0.6 is 0 Å². The van der Waals surface area contributed by atoms with Crippen molar-refractivity contribution in [1.82, 2.24) is 15.1 Å². The molecule has 1 saturated heterocycles. The van der Waals surface area contributed by atoms with E-state index in [2.05, 4.69) is 10.2 Å². The van der Waals surface area contributed by atoms with Crippen LogP contribution in [0.2, 0.25) is 0 Å². The number of likely N-dealkylation sites (N-methyl/N-ethyl adjacent to an activating group) is 1. The average molecular weight is 297 g/mol. The zero-order chi connectivity index (χ0) is 15.2. The van der Waals surface area contributed by atoms with Crippen LogP contribution in [0.4, 0.5) is 8.78 Å².